The van der Waals surface area contributed by atoms with E-state index in [0.29, 0.717) is 35.7 Å². The Morgan fingerprint density at radius 2 is 1.81 bits per heavy atom. The summed E-state index contributed by atoms with van der Waals surface area (Å²) >= 11 is 0. The number of nitrogens with one attached hydrogen (secondary N) is 1. The summed E-state index contributed by atoms with van der Waals surface area (Å²) < 4.78 is 6.69. The van der Waals surface area contributed by atoms with Gasteiger partial charge in [0, 0.05) is 23.9 Å². The Bertz CT molecular complexity index is 1320. The summed E-state index contributed by atoms with van der Waals surface area (Å²) in [5.41, 5.74) is 7.21. The Kier molecular flexibility index (Phi) is 6.88. The molecule has 0 aliphatic carbocycles. The molecule has 1 atom stereocenters. The Labute approximate surface area is 214 Å². The molecule has 194 valence electrons. The average Bonchev–Trinajstić information content (AvgIpc) is 3.44. The van der Waals surface area contributed by atoms with Crippen LogP contribution >= 0.6 is 0 Å². The molecule has 0 radical (unpaired) electrons. The Morgan fingerprint density at radius 1 is 1.11 bits per heavy atom. The molecule has 0 saturated carbocycles. The van der Waals surface area contributed by atoms with E-state index in [2.05, 4.69) is 15.3 Å². The fourth-order valence-corrected chi connectivity index (χ4v) is 4.21. The lowest BCUT2D eigenvalue weighted by Gasteiger charge is -2.28. The minimum absolute atomic E-state index is 0.00657. The van der Waals surface area contributed by atoms with Gasteiger partial charge in [-0.15, -0.1) is 0 Å². The number of hydrogen-bond acceptors (Lipinski definition) is 7. The third-order valence-corrected chi connectivity index (χ3v) is 5.92. The minimum Gasteiger partial charge on any atom is -0.444 e. The van der Waals surface area contributed by atoms with E-state index in [1.54, 1.807) is 62.2 Å². The fourth-order valence-electron chi connectivity index (χ4n) is 4.21. The minimum atomic E-state index is -0.759. The molecular weight excluding hydrogens is 474 g/mol. The number of primary amides is 1. The second-order valence-corrected chi connectivity index (χ2v) is 9.99. The lowest BCUT2D eigenvalue weighted by Crippen LogP contribution is -2.38. The van der Waals surface area contributed by atoms with Gasteiger partial charge in [-0.3, -0.25) is 14.5 Å². The van der Waals surface area contributed by atoms with Gasteiger partial charge < -0.3 is 21.6 Å². The number of nitrogens with zero attached hydrogens (tertiary/aromatic N) is 4. The first-order valence-corrected chi connectivity index (χ1v) is 12.0. The van der Waals surface area contributed by atoms with E-state index in [9.17, 15) is 14.4 Å². The molecule has 5 N–H and O–H groups in total. The molecular formula is C26H31N7O4. The molecule has 1 saturated heterocycles. The van der Waals surface area contributed by atoms with Crippen LogP contribution in [0.1, 0.15) is 71.9 Å². The van der Waals surface area contributed by atoms with Crippen molar-refractivity contribution in [1.82, 2.24) is 19.5 Å². The number of ether oxygens (including phenoxy) is 1. The predicted molar refractivity (Wildman–Crippen MR) is 138 cm³/mol. The van der Waals surface area contributed by atoms with Crippen LogP contribution < -0.4 is 16.9 Å². The fraction of sp³-hybridized carbons (Fsp3) is 0.346. The highest BCUT2D eigenvalue weighted by molar-refractivity contribution is 6.04. The summed E-state index contributed by atoms with van der Waals surface area (Å²) in [6.45, 7) is 7.78. The van der Waals surface area contributed by atoms with Crippen molar-refractivity contribution in [2.24, 2.45) is 5.73 Å². The van der Waals surface area contributed by atoms with Crippen LogP contribution in [0.4, 0.5) is 10.6 Å². The largest absolute Gasteiger partial charge is 0.444 e. The summed E-state index contributed by atoms with van der Waals surface area (Å²) in [5, 5.41) is 2.74. The molecule has 2 aromatic heterocycles. The van der Waals surface area contributed by atoms with Crippen molar-refractivity contribution in [3.8, 4) is 11.3 Å². The van der Waals surface area contributed by atoms with Crippen molar-refractivity contribution in [3.63, 3.8) is 0 Å². The van der Waals surface area contributed by atoms with Crippen LogP contribution in [-0.2, 0) is 4.74 Å². The van der Waals surface area contributed by atoms with E-state index in [4.69, 9.17) is 16.3 Å². The van der Waals surface area contributed by atoms with Crippen LogP contribution in [0.2, 0.25) is 0 Å². The standard InChI is InChI=1S/C26H31N7O4/c1-15-7-12-19(29-14-15)30-24(35)17-10-8-16(9-11-17)20-21(22(27)34)33(28)23(31-20)18-6-5-13-32(18)25(36)37-26(2,3)4/h7-12,14,18H,5-6,13,28H2,1-4H3,(H2,27,34)(H,29,30,35)/t18-/m0/s1. The maximum atomic E-state index is 12.8. The number of rotatable bonds is 5. The maximum Gasteiger partial charge on any atom is 0.410 e. The van der Waals surface area contributed by atoms with Gasteiger partial charge in [0.25, 0.3) is 11.8 Å². The van der Waals surface area contributed by atoms with Crippen LogP contribution in [0.5, 0.6) is 0 Å². The summed E-state index contributed by atoms with van der Waals surface area (Å²) in [5.74, 6) is 5.97. The van der Waals surface area contributed by atoms with E-state index < -0.39 is 23.6 Å². The summed E-state index contributed by atoms with van der Waals surface area (Å²) in [4.78, 5) is 48.2. The van der Waals surface area contributed by atoms with Crippen LogP contribution in [0.3, 0.4) is 0 Å². The third kappa shape index (κ3) is 5.55. The van der Waals surface area contributed by atoms with Gasteiger partial charge >= 0.3 is 6.09 Å². The maximum absolute atomic E-state index is 12.8. The van der Waals surface area contributed by atoms with Crippen molar-refractivity contribution >= 4 is 23.7 Å². The number of amides is 3. The van der Waals surface area contributed by atoms with Crippen LogP contribution in [0.15, 0.2) is 42.6 Å². The molecule has 4 rings (SSSR count). The van der Waals surface area contributed by atoms with Crippen LogP contribution in [-0.4, -0.2) is 49.6 Å². The molecule has 0 unspecified atom stereocenters. The zero-order valence-corrected chi connectivity index (χ0v) is 21.3. The topological polar surface area (TPSA) is 158 Å². The highest BCUT2D eigenvalue weighted by Gasteiger charge is 2.37. The smallest absolute Gasteiger partial charge is 0.410 e. The number of aromatic nitrogens is 3. The van der Waals surface area contributed by atoms with Gasteiger partial charge in [0.1, 0.15) is 17.1 Å². The highest BCUT2D eigenvalue weighted by atomic mass is 16.6. The number of imidazole rings is 1. The Hall–Kier alpha value is -4.41. The molecule has 3 aromatic rings. The number of nitrogen functional groups attached to an aromatic ring is 1. The van der Waals surface area contributed by atoms with Crippen molar-refractivity contribution in [3.05, 3.63) is 65.2 Å². The van der Waals surface area contributed by atoms with Crippen LogP contribution in [0.25, 0.3) is 11.3 Å². The zero-order chi connectivity index (χ0) is 26.9. The number of likely N-dealkylation sites (tertiary alicyclic amines) is 1. The molecule has 1 fully saturated rings. The first-order valence-electron chi connectivity index (χ1n) is 12.0. The third-order valence-electron chi connectivity index (χ3n) is 5.92. The average molecular weight is 506 g/mol. The quantitative estimate of drug-likeness (QED) is 0.448. The summed E-state index contributed by atoms with van der Waals surface area (Å²) in [6.07, 6.45) is 2.53. The number of nitrogens with two attached hydrogens (primary N) is 2. The van der Waals surface area contributed by atoms with Crippen molar-refractivity contribution in [2.75, 3.05) is 17.7 Å². The van der Waals surface area contributed by atoms with E-state index in [1.165, 1.54) is 0 Å². The van der Waals surface area contributed by atoms with E-state index in [1.807, 2.05) is 13.0 Å². The number of pyridine rings is 1. The SMILES string of the molecule is Cc1ccc(NC(=O)c2ccc(-c3nc([C@@H]4CCCN4C(=O)OC(C)(C)C)n(N)c3C(N)=O)cc2)nc1. The van der Waals surface area contributed by atoms with Gasteiger partial charge in [-0.25, -0.2) is 19.4 Å². The van der Waals surface area contributed by atoms with Gasteiger partial charge in [-0.2, -0.15) is 0 Å². The molecule has 1 aliphatic rings. The van der Waals surface area contributed by atoms with Crippen molar-refractivity contribution in [1.29, 1.82) is 0 Å². The van der Waals surface area contributed by atoms with Crippen LogP contribution in [0, 0.1) is 6.92 Å². The van der Waals surface area contributed by atoms with E-state index >= 15 is 0 Å². The lowest BCUT2D eigenvalue weighted by atomic mass is 10.1. The number of hydrogen-bond donors (Lipinski definition) is 3. The number of carbonyl (C=O) groups is 3. The van der Waals surface area contributed by atoms with Gasteiger partial charge in [0.05, 0.1) is 6.04 Å². The summed E-state index contributed by atoms with van der Waals surface area (Å²) in [6, 6.07) is 9.65. The van der Waals surface area contributed by atoms with E-state index in [-0.39, 0.29) is 17.3 Å². The molecule has 11 nitrogen and oxygen atoms in total. The second kappa shape index (κ2) is 9.92. The first-order chi connectivity index (χ1) is 17.4. The normalized spacial score (nSPS) is 15.5. The van der Waals surface area contributed by atoms with Gasteiger partial charge in [-0.05, 0) is 64.3 Å². The second-order valence-electron chi connectivity index (χ2n) is 9.99. The lowest BCUT2D eigenvalue weighted by molar-refractivity contribution is 0.0217. The van der Waals surface area contributed by atoms with Gasteiger partial charge in [0.2, 0.25) is 0 Å². The molecule has 3 heterocycles. The zero-order valence-electron chi connectivity index (χ0n) is 21.3. The van der Waals surface area contributed by atoms with E-state index in [0.717, 1.165) is 16.7 Å². The first kappa shape index (κ1) is 25.7. The number of anilines is 1. The monoisotopic (exact) mass is 505 g/mol. The van der Waals surface area contributed by atoms with Gasteiger partial charge in [0.15, 0.2) is 11.5 Å². The molecule has 1 aliphatic heterocycles. The molecule has 0 bridgehead atoms. The number of benzene rings is 1. The molecule has 11 heteroatoms. The molecule has 1 aromatic carbocycles. The van der Waals surface area contributed by atoms with Crippen molar-refractivity contribution < 1.29 is 19.1 Å². The predicted octanol–water partition coefficient (Wildman–Crippen LogP) is 3.39. The molecule has 3 amide bonds. The summed E-state index contributed by atoms with van der Waals surface area (Å²) in [7, 11) is 0. The number of carbonyl (C=O) groups excluding carboxylic acids is 3. The highest BCUT2D eigenvalue weighted by Crippen LogP contribution is 2.35. The Balaban J connectivity index is 1.61. The van der Waals surface area contributed by atoms with Crippen molar-refractivity contribution in [2.45, 2.75) is 52.2 Å². The molecule has 37 heavy (non-hydrogen) atoms. The number of aryl methyl sites for hydroxylation is 1. The molecule has 0 spiro atoms. The Morgan fingerprint density at radius 3 is 2.41 bits per heavy atom. The van der Waals surface area contributed by atoms with Gasteiger partial charge in [-0.1, -0.05) is 18.2 Å².